The Hall–Kier alpha value is -1.57. The van der Waals surface area contributed by atoms with Crippen LogP contribution in [0.15, 0.2) is 18.2 Å². The van der Waals surface area contributed by atoms with E-state index in [0.29, 0.717) is 17.4 Å². The summed E-state index contributed by atoms with van der Waals surface area (Å²) in [6, 6.07) is 7.87. The zero-order chi connectivity index (χ0) is 14.2. The Kier molecular flexibility index (Phi) is 5.85. The second-order valence-electron chi connectivity index (χ2n) is 5.10. The fraction of sp³-hybridized carbons (Fsp3) is 0.562. The summed E-state index contributed by atoms with van der Waals surface area (Å²) in [5.41, 5.74) is 1.69. The van der Waals surface area contributed by atoms with Crippen molar-refractivity contribution in [1.29, 1.82) is 5.26 Å². The number of hydrogen-bond donors (Lipinski definition) is 1. The van der Waals surface area contributed by atoms with Crippen LogP contribution in [-0.2, 0) is 11.3 Å². The van der Waals surface area contributed by atoms with Crippen LogP contribution in [0.1, 0.15) is 36.8 Å². The maximum atomic E-state index is 9.05. The highest BCUT2D eigenvalue weighted by atomic mass is 16.5. The predicted octanol–water partition coefficient (Wildman–Crippen LogP) is 2.62. The highest BCUT2D eigenvalue weighted by Gasteiger charge is 2.12. The summed E-state index contributed by atoms with van der Waals surface area (Å²) in [7, 11) is 1.58. The van der Waals surface area contributed by atoms with E-state index in [1.807, 2.05) is 18.2 Å². The number of nitriles is 1. The van der Waals surface area contributed by atoms with Crippen molar-refractivity contribution in [3.8, 4) is 11.8 Å². The standard InChI is InChI=1S/C16H22N2O2/c1-19-16-6-5-13(10-14(16)11-17)12-18-8-7-15-4-2-3-9-20-15/h5-6,10,15,18H,2-4,7-9,12H2,1H3. The van der Waals surface area contributed by atoms with Crippen molar-refractivity contribution in [2.24, 2.45) is 0 Å². The summed E-state index contributed by atoms with van der Waals surface area (Å²) in [4.78, 5) is 0. The van der Waals surface area contributed by atoms with Gasteiger partial charge in [-0.1, -0.05) is 6.07 Å². The average molecular weight is 274 g/mol. The first kappa shape index (κ1) is 14.8. The molecule has 0 spiro atoms. The van der Waals surface area contributed by atoms with Gasteiger partial charge in [0.25, 0.3) is 0 Å². The van der Waals surface area contributed by atoms with Gasteiger partial charge < -0.3 is 14.8 Å². The van der Waals surface area contributed by atoms with E-state index in [1.165, 1.54) is 19.3 Å². The molecule has 0 saturated carbocycles. The molecule has 1 aromatic carbocycles. The molecule has 20 heavy (non-hydrogen) atoms. The first-order chi connectivity index (χ1) is 9.83. The number of nitrogens with one attached hydrogen (secondary N) is 1. The molecule has 0 radical (unpaired) electrons. The van der Waals surface area contributed by atoms with Crippen molar-refractivity contribution >= 4 is 0 Å². The normalized spacial score (nSPS) is 18.5. The number of rotatable bonds is 6. The van der Waals surface area contributed by atoms with E-state index in [2.05, 4.69) is 11.4 Å². The van der Waals surface area contributed by atoms with E-state index in [0.717, 1.165) is 31.7 Å². The first-order valence-electron chi connectivity index (χ1n) is 7.23. The number of benzene rings is 1. The predicted molar refractivity (Wildman–Crippen MR) is 77.6 cm³/mol. The Morgan fingerprint density at radius 2 is 2.35 bits per heavy atom. The highest BCUT2D eigenvalue weighted by Crippen LogP contribution is 2.19. The van der Waals surface area contributed by atoms with Gasteiger partial charge in [-0.15, -0.1) is 0 Å². The highest BCUT2D eigenvalue weighted by molar-refractivity contribution is 5.45. The van der Waals surface area contributed by atoms with Crippen LogP contribution < -0.4 is 10.1 Å². The van der Waals surface area contributed by atoms with E-state index < -0.39 is 0 Å². The Morgan fingerprint density at radius 1 is 1.45 bits per heavy atom. The van der Waals surface area contributed by atoms with E-state index in [9.17, 15) is 0 Å². The van der Waals surface area contributed by atoms with Crippen LogP contribution in [0, 0.1) is 11.3 Å². The van der Waals surface area contributed by atoms with Crippen molar-refractivity contribution in [3.05, 3.63) is 29.3 Å². The lowest BCUT2D eigenvalue weighted by Crippen LogP contribution is -2.25. The van der Waals surface area contributed by atoms with Crippen molar-refractivity contribution in [2.45, 2.75) is 38.3 Å². The Labute approximate surface area is 120 Å². The van der Waals surface area contributed by atoms with Crippen LogP contribution in [0.3, 0.4) is 0 Å². The molecule has 4 heteroatoms. The summed E-state index contributed by atoms with van der Waals surface area (Å²) >= 11 is 0. The van der Waals surface area contributed by atoms with Crippen molar-refractivity contribution in [3.63, 3.8) is 0 Å². The van der Waals surface area contributed by atoms with Crippen LogP contribution in [0.5, 0.6) is 5.75 Å². The maximum Gasteiger partial charge on any atom is 0.136 e. The molecule has 1 fully saturated rings. The van der Waals surface area contributed by atoms with E-state index >= 15 is 0 Å². The Bertz CT molecular complexity index is 462. The van der Waals surface area contributed by atoms with Gasteiger partial charge in [-0.3, -0.25) is 0 Å². The van der Waals surface area contributed by atoms with Crippen LogP contribution in [0.2, 0.25) is 0 Å². The van der Waals surface area contributed by atoms with E-state index in [-0.39, 0.29) is 0 Å². The molecule has 0 aromatic heterocycles. The van der Waals surface area contributed by atoms with Crippen molar-refractivity contribution in [2.75, 3.05) is 20.3 Å². The molecule has 1 aliphatic rings. The zero-order valence-electron chi connectivity index (χ0n) is 12.0. The van der Waals surface area contributed by atoms with Gasteiger partial charge in [0.15, 0.2) is 0 Å². The van der Waals surface area contributed by atoms with Crippen molar-refractivity contribution < 1.29 is 9.47 Å². The summed E-state index contributed by atoms with van der Waals surface area (Å²) < 4.78 is 10.8. The van der Waals surface area contributed by atoms with Crippen LogP contribution in [0.4, 0.5) is 0 Å². The molecule has 2 rings (SSSR count). The van der Waals surface area contributed by atoms with Gasteiger partial charge >= 0.3 is 0 Å². The van der Waals surface area contributed by atoms with Gasteiger partial charge in [0.05, 0.1) is 18.8 Å². The number of nitrogens with zero attached hydrogens (tertiary/aromatic N) is 1. The molecule has 0 bridgehead atoms. The summed E-state index contributed by atoms with van der Waals surface area (Å²) in [5.74, 6) is 0.631. The van der Waals surface area contributed by atoms with Crippen molar-refractivity contribution in [1.82, 2.24) is 5.32 Å². The van der Waals surface area contributed by atoms with Gasteiger partial charge in [-0.25, -0.2) is 0 Å². The van der Waals surface area contributed by atoms with Crippen LogP contribution in [0.25, 0.3) is 0 Å². The third-order valence-corrected chi connectivity index (χ3v) is 3.63. The minimum Gasteiger partial charge on any atom is -0.495 e. The second kappa shape index (κ2) is 7.88. The minimum absolute atomic E-state index is 0.418. The van der Waals surface area contributed by atoms with Crippen LogP contribution in [-0.4, -0.2) is 26.4 Å². The third-order valence-electron chi connectivity index (χ3n) is 3.63. The smallest absolute Gasteiger partial charge is 0.136 e. The number of ether oxygens (including phenoxy) is 2. The molecule has 1 atom stereocenters. The summed E-state index contributed by atoms with van der Waals surface area (Å²) in [5, 5.41) is 12.5. The molecule has 108 valence electrons. The lowest BCUT2D eigenvalue weighted by atomic mass is 10.1. The molecule has 0 aliphatic carbocycles. The molecular weight excluding hydrogens is 252 g/mol. The van der Waals surface area contributed by atoms with Crippen LogP contribution >= 0.6 is 0 Å². The second-order valence-corrected chi connectivity index (χ2v) is 5.10. The monoisotopic (exact) mass is 274 g/mol. The topological polar surface area (TPSA) is 54.3 Å². The van der Waals surface area contributed by atoms with Gasteiger partial charge in [-0.2, -0.15) is 5.26 Å². The lowest BCUT2D eigenvalue weighted by molar-refractivity contribution is 0.0115. The average Bonchev–Trinajstić information content (AvgIpc) is 2.52. The SMILES string of the molecule is COc1ccc(CNCCC2CCCCO2)cc1C#N. The fourth-order valence-electron chi connectivity index (χ4n) is 2.48. The number of hydrogen-bond acceptors (Lipinski definition) is 4. The maximum absolute atomic E-state index is 9.05. The first-order valence-corrected chi connectivity index (χ1v) is 7.23. The molecule has 1 aliphatic heterocycles. The Balaban J connectivity index is 1.75. The summed E-state index contributed by atoms with van der Waals surface area (Å²) in [6.45, 7) is 2.62. The molecule has 1 heterocycles. The molecule has 1 unspecified atom stereocenters. The van der Waals surface area contributed by atoms with E-state index in [4.69, 9.17) is 14.7 Å². The Morgan fingerprint density at radius 3 is 3.05 bits per heavy atom. The molecule has 0 amide bonds. The van der Waals surface area contributed by atoms with E-state index in [1.54, 1.807) is 7.11 Å². The minimum atomic E-state index is 0.418. The molecule has 4 nitrogen and oxygen atoms in total. The fourth-order valence-corrected chi connectivity index (χ4v) is 2.48. The van der Waals surface area contributed by atoms with Gasteiger partial charge in [0.2, 0.25) is 0 Å². The van der Waals surface area contributed by atoms with Gasteiger partial charge in [0, 0.05) is 13.2 Å². The molecular formula is C16H22N2O2. The quantitative estimate of drug-likeness (QED) is 0.810. The lowest BCUT2D eigenvalue weighted by Gasteiger charge is -2.22. The molecule has 1 saturated heterocycles. The number of methoxy groups -OCH3 is 1. The largest absolute Gasteiger partial charge is 0.495 e. The molecule has 1 aromatic rings. The van der Waals surface area contributed by atoms with Gasteiger partial charge in [-0.05, 0) is 49.9 Å². The van der Waals surface area contributed by atoms with Gasteiger partial charge in [0.1, 0.15) is 11.8 Å². The third kappa shape index (κ3) is 4.22. The molecule has 1 N–H and O–H groups in total. The zero-order valence-corrected chi connectivity index (χ0v) is 12.0. The summed E-state index contributed by atoms with van der Waals surface area (Å²) in [6.07, 6.45) is 5.15.